The summed E-state index contributed by atoms with van der Waals surface area (Å²) in [6, 6.07) is 5.46. The van der Waals surface area contributed by atoms with Crippen LogP contribution in [0.2, 0.25) is 0 Å². The van der Waals surface area contributed by atoms with Gasteiger partial charge in [-0.15, -0.1) is 0 Å². The number of carbonyl (C=O) groups excluding carboxylic acids is 1. The van der Waals surface area contributed by atoms with Gasteiger partial charge in [0.2, 0.25) is 11.9 Å². The van der Waals surface area contributed by atoms with Gasteiger partial charge in [0.05, 0.1) is 29.9 Å². The van der Waals surface area contributed by atoms with E-state index in [1.807, 2.05) is 33.3 Å². The first kappa shape index (κ1) is 28.0. The van der Waals surface area contributed by atoms with Crippen LogP contribution in [0.4, 0.5) is 27.4 Å². The van der Waals surface area contributed by atoms with E-state index in [0.717, 1.165) is 36.6 Å². The number of ether oxygens (including phenoxy) is 1. The summed E-state index contributed by atoms with van der Waals surface area (Å²) < 4.78 is 20.2. The van der Waals surface area contributed by atoms with Gasteiger partial charge < -0.3 is 25.2 Å². The van der Waals surface area contributed by atoms with Gasteiger partial charge in [0.15, 0.2) is 5.82 Å². The second kappa shape index (κ2) is 12.7. The average molecular weight is 538 g/mol. The molecular weight excluding hydrogens is 501 g/mol. The van der Waals surface area contributed by atoms with E-state index in [2.05, 4.69) is 47.0 Å². The maximum Gasteiger partial charge on any atom is 0.247 e. The van der Waals surface area contributed by atoms with Crippen molar-refractivity contribution in [1.82, 2.24) is 29.5 Å². The average Bonchev–Trinajstić information content (AvgIpc) is 3.29. The van der Waals surface area contributed by atoms with E-state index in [4.69, 9.17) is 4.74 Å². The fraction of sp³-hybridized carbons (Fsp3) is 0.407. The molecular formula is C27H36FN9O2. The lowest BCUT2D eigenvalue weighted by molar-refractivity contribution is -0.111. The van der Waals surface area contributed by atoms with Crippen molar-refractivity contribution in [3.8, 4) is 11.6 Å². The number of nitrogens with one attached hydrogen (secondary N) is 2. The standard InChI is InChI=1S/C27H36FN9O2/c1-6-26(38)30-21-15-22(24(39-5)16-23(21)36-13-11-35(10-8-28)12-14-36)31-27-29-9-7-25(32-27)37-18-20(17-34(3)4)19(2)33-37/h6-7,9,15-16,18H,1,8,10-14,17H2,2-5H3,(H,30,38)(H,29,31,32). The van der Waals surface area contributed by atoms with Gasteiger partial charge in [0.1, 0.15) is 12.4 Å². The third kappa shape index (κ3) is 6.89. The Kier molecular flexibility index (Phi) is 9.10. The van der Waals surface area contributed by atoms with Crippen LogP contribution in [0.5, 0.6) is 5.75 Å². The Hall–Kier alpha value is -4.03. The highest BCUT2D eigenvalue weighted by Gasteiger charge is 2.22. The van der Waals surface area contributed by atoms with E-state index < -0.39 is 0 Å². The number of anilines is 4. The normalized spacial score (nSPS) is 13.9. The van der Waals surface area contributed by atoms with E-state index in [0.29, 0.717) is 48.5 Å². The highest BCUT2D eigenvalue weighted by atomic mass is 19.1. The zero-order valence-electron chi connectivity index (χ0n) is 22.9. The van der Waals surface area contributed by atoms with Crippen LogP contribution in [0, 0.1) is 6.92 Å². The highest BCUT2D eigenvalue weighted by Crippen LogP contribution is 2.38. The number of aryl methyl sites for hydroxylation is 1. The van der Waals surface area contributed by atoms with Crippen molar-refractivity contribution < 1.29 is 13.9 Å². The molecule has 1 aliphatic heterocycles. The van der Waals surface area contributed by atoms with Crippen molar-refractivity contribution in [2.24, 2.45) is 0 Å². The number of methoxy groups -OCH3 is 1. The summed E-state index contributed by atoms with van der Waals surface area (Å²) in [5.74, 6) is 1.19. The minimum atomic E-state index is -0.366. The van der Waals surface area contributed by atoms with E-state index in [1.54, 1.807) is 30.1 Å². The molecule has 3 heterocycles. The van der Waals surface area contributed by atoms with Crippen LogP contribution in [-0.2, 0) is 11.3 Å². The van der Waals surface area contributed by atoms with Crippen molar-refractivity contribution in [3.05, 3.63) is 54.5 Å². The number of carbonyl (C=O) groups is 1. The zero-order valence-corrected chi connectivity index (χ0v) is 22.9. The molecule has 1 amide bonds. The van der Waals surface area contributed by atoms with Crippen LogP contribution in [0.1, 0.15) is 11.3 Å². The molecule has 3 aromatic rings. The van der Waals surface area contributed by atoms with Crippen LogP contribution >= 0.6 is 0 Å². The van der Waals surface area contributed by atoms with E-state index in [1.165, 1.54) is 6.08 Å². The van der Waals surface area contributed by atoms with Crippen LogP contribution in [0.15, 0.2) is 43.2 Å². The quantitative estimate of drug-likeness (QED) is 0.357. The van der Waals surface area contributed by atoms with Gasteiger partial charge in [-0.1, -0.05) is 6.58 Å². The number of hydrogen-bond acceptors (Lipinski definition) is 9. The van der Waals surface area contributed by atoms with Gasteiger partial charge >= 0.3 is 0 Å². The molecule has 1 fully saturated rings. The third-order valence-corrected chi connectivity index (χ3v) is 6.48. The fourth-order valence-corrected chi connectivity index (χ4v) is 4.48. The summed E-state index contributed by atoms with van der Waals surface area (Å²) in [6.45, 7) is 9.22. The maximum absolute atomic E-state index is 12.8. The molecule has 2 N–H and O–H groups in total. The van der Waals surface area contributed by atoms with E-state index in [-0.39, 0.29) is 12.6 Å². The summed E-state index contributed by atoms with van der Waals surface area (Å²) in [7, 11) is 5.61. The van der Waals surface area contributed by atoms with Gasteiger partial charge in [-0.3, -0.25) is 9.69 Å². The monoisotopic (exact) mass is 537 g/mol. The summed E-state index contributed by atoms with van der Waals surface area (Å²) in [5, 5.41) is 10.7. The summed E-state index contributed by atoms with van der Waals surface area (Å²) >= 11 is 0. The molecule has 0 saturated carbocycles. The van der Waals surface area contributed by atoms with Crippen molar-refractivity contribution in [2.45, 2.75) is 13.5 Å². The fourth-order valence-electron chi connectivity index (χ4n) is 4.48. The van der Waals surface area contributed by atoms with E-state index in [9.17, 15) is 9.18 Å². The number of aromatic nitrogens is 4. The minimum absolute atomic E-state index is 0.329. The third-order valence-electron chi connectivity index (χ3n) is 6.48. The minimum Gasteiger partial charge on any atom is -0.494 e. The predicted octanol–water partition coefficient (Wildman–Crippen LogP) is 3.00. The van der Waals surface area contributed by atoms with Gasteiger partial charge in [0, 0.05) is 69.4 Å². The molecule has 0 spiro atoms. The number of hydrogen-bond donors (Lipinski definition) is 2. The molecule has 0 atom stereocenters. The molecule has 0 radical (unpaired) electrons. The number of benzene rings is 1. The summed E-state index contributed by atoms with van der Waals surface area (Å²) in [6.07, 6.45) is 4.85. The second-order valence-electron chi connectivity index (χ2n) is 9.57. The molecule has 1 aromatic carbocycles. The molecule has 0 unspecified atom stereocenters. The van der Waals surface area contributed by atoms with Gasteiger partial charge in [-0.25, -0.2) is 14.1 Å². The predicted molar refractivity (Wildman–Crippen MR) is 151 cm³/mol. The molecule has 39 heavy (non-hydrogen) atoms. The number of halogens is 1. The number of nitrogens with zero attached hydrogens (tertiary/aromatic N) is 7. The van der Waals surface area contributed by atoms with Crippen LogP contribution in [0.3, 0.4) is 0 Å². The molecule has 0 bridgehead atoms. The molecule has 1 aliphatic rings. The number of amides is 1. The Morgan fingerprint density at radius 3 is 2.67 bits per heavy atom. The lowest BCUT2D eigenvalue weighted by atomic mass is 10.1. The summed E-state index contributed by atoms with van der Waals surface area (Å²) in [4.78, 5) is 27.6. The lowest BCUT2D eigenvalue weighted by Crippen LogP contribution is -2.47. The molecule has 208 valence electrons. The van der Waals surface area contributed by atoms with Crippen molar-refractivity contribution in [3.63, 3.8) is 0 Å². The Morgan fingerprint density at radius 1 is 1.23 bits per heavy atom. The van der Waals surface area contributed by atoms with E-state index >= 15 is 0 Å². The Bertz CT molecular complexity index is 1300. The Morgan fingerprint density at radius 2 is 2.00 bits per heavy atom. The highest BCUT2D eigenvalue weighted by molar-refractivity contribution is 6.02. The zero-order chi connectivity index (χ0) is 27.9. The molecule has 11 nitrogen and oxygen atoms in total. The van der Waals surface area contributed by atoms with Gasteiger partial charge in [0.25, 0.3) is 0 Å². The smallest absolute Gasteiger partial charge is 0.247 e. The Labute approximate surface area is 228 Å². The van der Waals surface area contributed by atoms with Gasteiger partial charge in [-0.2, -0.15) is 10.1 Å². The van der Waals surface area contributed by atoms with Crippen molar-refractivity contribution >= 4 is 28.9 Å². The first-order valence-electron chi connectivity index (χ1n) is 12.8. The molecule has 0 aliphatic carbocycles. The molecule has 12 heteroatoms. The number of piperazine rings is 1. The molecule has 4 rings (SSSR count). The van der Waals surface area contributed by atoms with Crippen LogP contribution in [-0.4, -0.2) is 96.1 Å². The second-order valence-corrected chi connectivity index (χ2v) is 9.57. The number of rotatable bonds is 11. The van der Waals surface area contributed by atoms with Gasteiger partial charge in [-0.05, 0) is 33.2 Å². The first-order chi connectivity index (χ1) is 18.8. The lowest BCUT2D eigenvalue weighted by Gasteiger charge is -2.36. The first-order valence-corrected chi connectivity index (χ1v) is 12.8. The summed E-state index contributed by atoms with van der Waals surface area (Å²) in [5.41, 5.74) is 4.02. The van der Waals surface area contributed by atoms with Crippen LogP contribution in [0.25, 0.3) is 5.82 Å². The van der Waals surface area contributed by atoms with Crippen LogP contribution < -0.4 is 20.3 Å². The largest absolute Gasteiger partial charge is 0.494 e. The molecule has 1 saturated heterocycles. The number of alkyl halides is 1. The van der Waals surface area contributed by atoms with Crippen molar-refractivity contribution in [2.75, 3.05) is 76.1 Å². The maximum atomic E-state index is 12.8. The Balaban J connectivity index is 1.63. The topological polar surface area (TPSA) is 104 Å². The SMILES string of the molecule is C=CC(=O)Nc1cc(Nc2nccc(-n3cc(CN(C)C)c(C)n3)n2)c(OC)cc1N1CCN(CCF)CC1. The van der Waals surface area contributed by atoms with Crippen molar-refractivity contribution in [1.29, 1.82) is 0 Å². The molecule has 2 aromatic heterocycles.